The second-order valence-electron chi connectivity index (χ2n) is 4.13. The van der Waals surface area contributed by atoms with Crippen LogP contribution < -0.4 is 4.23 Å². The molecule has 0 amide bonds. The molecule has 0 atom stereocenters. The third-order valence-electron chi connectivity index (χ3n) is 2.73. The van der Waals surface area contributed by atoms with E-state index in [0.29, 0.717) is 19.8 Å². The van der Waals surface area contributed by atoms with Gasteiger partial charge in [0, 0.05) is 38.4 Å². The first-order valence-corrected chi connectivity index (χ1v) is 8.83. The molecule has 0 unspecified atom stereocenters. The number of pyridine rings is 1. The van der Waals surface area contributed by atoms with E-state index in [1.165, 1.54) is 5.69 Å². The molecule has 0 aliphatic heterocycles. The van der Waals surface area contributed by atoms with Gasteiger partial charge in [0.15, 0.2) is 11.9 Å². The highest BCUT2D eigenvalue weighted by atomic mass is 28.4. The van der Waals surface area contributed by atoms with Gasteiger partial charge in [0.25, 0.3) is 0 Å². The van der Waals surface area contributed by atoms with E-state index in [4.69, 9.17) is 13.3 Å². The van der Waals surface area contributed by atoms with Gasteiger partial charge >= 0.3 is 8.97 Å². The molecule has 1 aromatic rings. The van der Waals surface area contributed by atoms with Crippen LogP contribution in [0, 0.1) is 0 Å². The third-order valence-corrected chi connectivity index (χ3v) is 5.71. The minimum atomic E-state index is -2.84. The molecule has 1 heterocycles. The maximum Gasteiger partial charge on any atom is 0.872 e. The second kappa shape index (κ2) is 8.42. The molecule has 1 aromatic heterocycles. The van der Waals surface area contributed by atoms with E-state index in [0.717, 1.165) is 12.8 Å². The summed E-state index contributed by atoms with van der Waals surface area (Å²) in [4.78, 5) is 0. The average Bonchev–Trinajstić information content (AvgIpc) is 2.40. The van der Waals surface area contributed by atoms with Gasteiger partial charge in [-0.2, -0.15) is 0 Å². The van der Waals surface area contributed by atoms with Crippen molar-refractivity contribution < 1.29 is 17.5 Å². The number of nitrogens with zero attached hydrogens (tertiary/aromatic N) is 1. The zero-order chi connectivity index (χ0) is 14.1. The van der Waals surface area contributed by atoms with E-state index in [9.17, 15) is 0 Å². The average molecular weight is 284 g/mol. The van der Waals surface area contributed by atoms with Gasteiger partial charge in [-0.1, -0.05) is 13.0 Å². The Hall–Kier alpha value is -0.753. The molecular formula is C14H26NO3Si+. The van der Waals surface area contributed by atoms with Crippen LogP contribution in [0.3, 0.4) is 0 Å². The van der Waals surface area contributed by atoms with E-state index in [1.54, 1.807) is 0 Å². The summed E-state index contributed by atoms with van der Waals surface area (Å²) in [6.07, 6.45) is 4.08. The number of aromatic nitrogens is 1. The van der Waals surface area contributed by atoms with Crippen molar-refractivity contribution in [1.29, 1.82) is 0 Å². The Morgan fingerprint density at radius 1 is 0.947 bits per heavy atom. The van der Waals surface area contributed by atoms with Crippen LogP contribution in [0.1, 0.15) is 39.8 Å². The van der Waals surface area contributed by atoms with Gasteiger partial charge in [-0.05, 0) is 27.2 Å². The summed E-state index contributed by atoms with van der Waals surface area (Å²) < 4.78 is 19.9. The van der Waals surface area contributed by atoms with E-state index in [2.05, 4.69) is 17.2 Å². The highest BCUT2D eigenvalue weighted by molar-refractivity contribution is 6.51. The van der Waals surface area contributed by atoms with Crippen LogP contribution >= 0.6 is 0 Å². The summed E-state index contributed by atoms with van der Waals surface area (Å²) in [6, 6.07) is 6.16. The number of aryl methyl sites for hydroxylation is 1. The first kappa shape index (κ1) is 16.3. The Bertz CT molecular complexity index is 356. The molecule has 1 rings (SSSR count). The normalized spacial score (nSPS) is 11.8. The lowest BCUT2D eigenvalue weighted by atomic mass is 10.2. The van der Waals surface area contributed by atoms with Crippen LogP contribution in [0.25, 0.3) is 0 Å². The van der Waals surface area contributed by atoms with Crippen LogP contribution in [-0.4, -0.2) is 28.8 Å². The van der Waals surface area contributed by atoms with Crippen LogP contribution in [0.4, 0.5) is 0 Å². The highest BCUT2D eigenvalue weighted by Crippen LogP contribution is 2.09. The van der Waals surface area contributed by atoms with E-state index in [1.807, 2.05) is 39.1 Å². The van der Waals surface area contributed by atoms with Crippen molar-refractivity contribution in [2.24, 2.45) is 0 Å². The SMILES string of the molecule is CCCc1cccc[n+]1[Si](OCC)(OCC)OCC. The van der Waals surface area contributed by atoms with Gasteiger partial charge < -0.3 is 13.3 Å². The van der Waals surface area contributed by atoms with Crippen molar-refractivity contribution in [2.75, 3.05) is 19.8 Å². The quantitative estimate of drug-likeness (QED) is 0.652. The van der Waals surface area contributed by atoms with Gasteiger partial charge in [-0.25, -0.2) is 4.23 Å². The molecule has 0 saturated heterocycles. The predicted molar refractivity (Wildman–Crippen MR) is 76.7 cm³/mol. The Kier molecular flexibility index (Phi) is 7.23. The molecule has 0 radical (unpaired) electrons. The van der Waals surface area contributed by atoms with Crippen LogP contribution in [0.5, 0.6) is 0 Å². The molecule has 5 heteroatoms. The topological polar surface area (TPSA) is 31.6 Å². The Morgan fingerprint density at radius 2 is 1.53 bits per heavy atom. The van der Waals surface area contributed by atoms with Crippen LogP contribution in [0.15, 0.2) is 24.4 Å². The lowest BCUT2D eigenvalue weighted by Crippen LogP contribution is -2.72. The first-order valence-electron chi connectivity index (χ1n) is 7.15. The molecule has 0 fully saturated rings. The van der Waals surface area contributed by atoms with Crippen molar-refractivity contribution >= 4 is 8.97 Å². The minimum Gasteiger partial charge on any atom is -0.318 e. The Labute approximate surface area is 117 Å². The molecule has 108 valence electrons. The summed E-state index contributed by atoms with van der Waals surface area (Å²) in [5.41, 5.74) is 1.20. The molecule has 0 aromatic carbocycles. The van der Waals surface area contributed by atoms with Gasteiger partial charge in [0.1, 0.15) is 0 Å². The Morgan fingerprint density at radius 3 is 2.00 bits per heavy atom. The molecule has 0 N–H and O–H groups in total. The summed E-state index contributed by atoms with van der Waals surface area (Å²) in [5.74, 6) is 0. The van der Waals surface area contributed by atoms with Crippen molar-refractivity contribution in [1.82, 2.24) is 0 Å². The summed E-state index contributed by atoms with van der Waals surface area (Å²) in [5, 5.41) is 0. The highest BCUT2D eigenvalue weighted by Gasteiger charge is 2.59. The fourth-order valence-electron chi connectivity index (χ4n) is 2.09. The van der Waals surface area contributed by atoms with Gasteiger partial charge in [0.05, 0.1) is 0 Å². The molecule has 0 bridgehead atoms. The second-order valence-corrected chi connectivity index (χ2v) is 6.53. The van der Waals surface area contributed by atoms with E-state index in [-0.39, 0.29) is 0 Å². The monoisotopic (exact) mass is 284 g/mol. The molecule has 19 heavy (non-hydrogen) atoms. The fourth-order valence-corrected chi connectivity index (χ4v) is 4.65. The lowest BCUT2D eigenvalue weighted by Gasteiger charge is -2.21. The van der Waals surface area contributed by atoms with E-state index >= 15 is 0 Å². The van der Waals surface area contributed by atoms with Gasteiger partial charge in [-0.15, -0.1) is 0 Å². The van der Waals surface area contributed by atoms with Gasteiger partial charge in [0.2, 0.25) is 0 Å². The summed E-state index contributed by atoms with van der Waals surface area (Å²) >= 11 is 0. The summed E-state index contributed by atoms with van der Waals surface area (Å²) in [7, 11) is -2.84. The smallest absolute Gasteiger partial charge is 0.318 e. The largest absolute Gasteiger partial charge is 0.872 e. The number of hydrogen-bond donors (Lipinski definition) is 0. The Balaban J connectivity index is 3.20. The maximum absolute atomic E-state index is 5.94. The van der Waals surface area contributed by atoms with E-state index < -0.39 is 8.97 Å². The third kappa shape index (κ3) is 4.11. The molecule has 0 saturated carbocycles. The van der Waals surface area contributed by atoms with Gasteiger partial charge in [-0.3, -0.25) is 0 Å². The fraction of sp³-hybridized carbons (Fsp3) is 0.643. The molecule has 4 nitrogen and oxygen atoms in total. The van der Waals surface area contributed by atoms with Crippen molar-refractivity contribution in [3.8, 4) is 0 Å². The van der Waals surface area contributed by atoms with Crippen LogP contribution in [0.2, 0.25) is 0 Å². The van der Waals surface area contributed by atoms with Crippen molar-refractivity contribution in [3.05, 3.63) is 30.1 Å². The molecule has 0 spiro atoms. The number of hydrogen-bond acceptors (Lipinski definition) is 3. The maximum atomic E-state index is 5.94. The molecule has 0 aliphatic rings. The van der Waals surface area contributed by atoms with Crippen molar-refractivity contribution in [2.45, 2.75) is 40.5 Å². The minimum absolute atomic E-state index is 0.583. The first-order chi connectivity index (χ1) is 9.24. The summed E-state index contributed by atoms with van der Waals surface area (Å²) in [6.45, 7) is 9.84. The van der Waals surface area contributed by atoms with Crippen LogP contribution in [-0.2, 0) is 19.7 Å². The molecular weight excluding hydrogens is 258 g/mol. The predicted octanol–water partition coefficient (Wildman–Crippen LogP) is 2.32. The lowest BCUT2D eigenvalue weighted by molar-refractivity contribution is -0.604. The zero-order valence-corrected chi connectivity index (χ0v) is 13.5. The zero-order valence-electron chi connectivity index (χ0n) is 12.5. The molecule has 0 aliphatic carbocycles. The van der Waals surface area contributed by atoms with Crippen molar-refractivity contribution in [3.63, 3.8) is 0 Å². The number of rotatable bonds is 9. The standard InChI is InChI=1S/C14H26NO3Si/c1-5-11-14-12-9-10-13-15(14)19(16-6-2,17-7-3)18-8-4/h9-10,12-13H,5-8,11H2,1-4H3/q+1.